The largest absolute Gasteiger partial charge is 0.480 e. The lowest BCUT2D eigenvalue weighted by atomic mass is 9.89. The van der Waals surface area contributed by atoms with Gasteiger partial charge in [0.05, 0.1) is 0 Å². The van der Waals surface area contributed by atoms with Gasteiger partial charge >= 0.3 is 5.97 Å². The smallest absolute Gasteiger partial charge is 0.322 e. The molecule has 1 aliphatic heterocycles. The summed E-state index contributed by atoms with van der Waals surface area (Å²) >= 11 is 0. The summed E-state index contributed by atoms with van der Waals surface area (Å²) in [6, 6.07) is 0.154. The van der Waals surface area contributed by atoms with Crippen LogP contribution >= 0.6 is 0 Å². The predicted octanol–water partition coefficient (Wildman–Crippen LogP) is 1.95. The molecule has 3 atom stereocenters. The zero-order chi connectivity index (χ0) is 13.8. The molecule has 19 heavy (non-hydrogen) atoms. The molecule has 1 saturated carbocycles. The molecule has 2 N–H and O–H groups in total. The maximum atomic E-state index is 11.4. The summed E-state index contributed by atoms with van der Waals surface area (Å²) in [6.07, 6.45) is 6.18. The van der Waals surface area contributed by atoms with E-state index in [9.17, 15) is 9.90 Å². The fourth-order valence-corrected chi connectivity index (χ4v) is 3.70. The topological polar surface area (TPSA) is 52.6 Å². The molecule has 0 aromatic carbocycles. The maximum absolute atomic E-state index is 11.4. The number of nitrogens with one attached hydrogen (secondary N) is 1. The van der Waals surface area contributed by atoms with Crippen LogP contribution in [0.15, 0.2) is 0 Å². The second kappa shape index (κ2) is 6.71. The second-order valence-electron chi connectivity index (χ2n) is 6.46. The van der Waals surface area contributed by atoms with Crippen molar-refractivity contribution in [3.05, 3.63) is 0 Å². The number of hydrogen-bond donors (Lipinski definition) is 2. The quantitative estimate of drug-likeness (QED) is 0.768. The Hall–Kier alpha value is -0.610. The Morgan fingerprint density at radius 3 is 2.74 bits per heavy atom. The number of carboxylic acid groups (broad SMARTS) is 1. The molecule has 0 amide bonds. The minimum Gasteiger partial charge on any atom is -0.480 e. The lowest BCUT2D eigenvalue weighted by Crippen LogP contribution is -2.58. The van der Waals surface area contributed by atoms with Crippen molar-refractivity contribution in [2.45, 2.75) is 58.0 Å². The van der Waals surface area contributed by atoms with Crippen molar-refractivity contribution in [3.63, 3.8) is 0 Å². The van der Waals surface area contributed by atoms with Gasteiger partial charge in [0, 0.05) is 25.7 Å². The first-order valence-corrected chi connectivity index (χ1v) is 7.79. The van der Waals surface area contributed by atoms with E-state index in [1.165, 1.54) is 32.1 Å². The van der Waals surface area contributed by atoms with E-state index in [1.54, 1.807) is 0 Å². The van der Waals surface area contributed by atoms with Gasteiger partial charge in [-0.15, -0.1) is 0 Å². The van der Waals surface area contributed by atoms with Crippen LogP contribution in [0, 0.1) is 11.8 Å². The van der Waals surface area contributed by atoms with E-state index in [0.29, 0.717) is 12.6 Å². The van der Waals surface area contributed by atoms with Gasteiger partial charge < -0.3 is 10.4 Å². The monoisotopic (exact) mass is 268 g/mol. The van der Waals surface area contributed by atoms with Gasteiger partial charge in [-0.1, -0.05) is 26.7 Å². The van der Waals surface area contributed by atoms with E-state index in [4.69, 9.17) is 0 Å². The van der Waals surface area contributed by atoms with Crippen molar-refractivity contribution in [2.75, 3.05) is 19.6 Å². The Balaban J connectivity index is 1.98. The second-order valence-corrected chi connectivity index (χ2v) is 6.46. The number of rotatable bonds is 3. The first kappa shape index (κ1) is 14.8. The Labute approximate surface area is 116 Å². The normalized spacial score (nSPS) is 34.2. The molecule has 0 aromatic heterocycles. The van der Waals surface area contributed by atoms with Gasteiger partial charge in [0.15, 0.2) is 0 Å². The number of carboxylic acids is 1. The number of nitrogens with zero attached hydrogens (tertiary/aromatic N) is 1. The molecule has 4 heteroatoms. The lowest BCUT2D eigenvalue weighted by molar-refractivity contribution is -0.145. The average molecular weight is 268 g/mol. The molecule has 0 aromatic rings. The third kappa shape index (κ3) is 3.69. The molecule has 2 rings (SSSR count). The Kier molecular flexibility index (Phi) is 5.22. The number of piperazine rings is 1. The number of aliphatic carboxylic acids is 1. The molecule has 2 fully saturated rings. The van der Waals surface area contributed by atoms with E-state index in [1.807, 2.05) is 0 Å². The summed E-state index contributed by atoms with van der Waals surface area (Å²) in [4.78, 5) is 13.6. The van der Waals surface area contributed by atoms with Crippen molar-refractivity contribution in [1.82, 2.24) is 10.2 Å². The molecule has 110 valence electrons. The van der Waals surface area contributed by atoms with Crippen LogP contribution in [0.1, 0.15) is 46.0 Å². The zero-order valence-corrected chi connectivity index (χ0v) is 12.3. The molecule has 3 unspecified atom stereocenters. The molecule has 0 spiro atoms. The Morgan fingerprint density at radius 2 is 2.05 bits per heavy atom. The molecule has 2 aliphatic rings. The molecule has 4 nitrogen and oxygen atoms in total. The third-order valence-corrected chi connectivity index (χ3v) is 4.96. The SMILES string of the molecule is CC(C)C1CCCC(N2CCNCC2C(=O)O)CC1. The first-order chi connectivity index (χ1) is 9.09. The molecule has 0 radical (unpaired) electrons. The van der Waals surface area contributed by atoms with Gasteiger partial charge in [0.2, 0.25) is 0 Å². The molecule has 1 saturated heterocycles. The molecule has 1 heterocycles. The maximum Gasteiger partial charge on any atom is 0.322 e. The van der Waals surface area contributed by atoms with Crippen LogP contribution in [-0.2, 0) is 4.79 Å². The highest BCUT2D eigenvalue weighted by Crippen LogP contribution is 2.31. The number of carbonyl (C=O) groups is 1. The third-order valence-electron chi connectivity index (χ3n) is 4.96. The summed E-state index contributed by atoms with van der Waals surface area (Å²) < 4.78 is 0. The van der Waals surface area contributed by atoms with Crippen LogP contribution in [0.4, 0.5) is 0 Å². The highest BCUT2D eigenvalue weighted by molar-refractivity contribution is 5.74. The van der Waals surface area contributed by atoms with Crippen molar-refractivity contribution in [2.24, 2.45) is 11.8 Å². The molecule has 0 bridgehead atoms. The van der Waals surface area contributed by atoms with E-state index >= 15 is 0 Å². The van der Waals surface area contributed by atoms with Gasteiger partial charge in [-0.2, -0.15) is 0 Å². The summed E-state index contributed by atoms with van der Waals surface area (Å²) in [7, 11) is 0. The van der Waals surface area contributed by atoms with E-state index in [-0.39, 0.29) is 6.04 Å². The predicted molar refractivity (Wildman–Crippen MR) is 76.2 cm³/mol. The fourth-order valence-electron chi connectivity index (χ4n) is 3.70. The zero-order valence-electron chi connectivity index (χ0n) is 12.3. The summed E-state index contributed by atoms with van der Waals surface area (Å²) in [5, 5.41) is 12.6. The van der Waals surface area contributed by atoms with Crippen molar-refractivity contribution < 1.29 is 9.90 Å². The Morgan fingerprint density at radius 1 is 1.26 bits per heavy atom. The van der Waals surface area contributed by atoms with Crippen LogP contribution in [0.25, 0.3) is 0 Å². The van der Waals surface area contributed by atoms with Gasteiger partial charge in [0.25, 0.3) is 0 Å². The molecular weight excluding hydrogens is 240 g/mol. The summed E-state index contributed by atoms with van der Waals surface area (Å²) in [5.74, 6) is 0.921. The van der Waals surface area contributed by atoms with Crippen molar-refractivity contribution in [1.29, 1.82) is 0 Å². The van der Waals surface area contributed by atoms with Crippen molar-refractivity contribution in [3.8, 4) is 0 Å². The van der Waals surface area contributed by atoms with Gasteiger partial charge in [-0.25, -0.2) is 0 Å². The van der Waals surface area contributed by atoms with Gasteiger partial charge in [-0.3, -0.25) is 9.69 Å². The highest BCUT2D eigenvalue weighted by atomic mass is 16.4. The van der Waals surface area contributed by atoms with E-state index < -0.39 is 5.97 Å². The van der Waals surface area contributed by atoms with E-state index in [2.05, 4.69) is 24.1 Å². The summed E-state index contributed by atoms with van der Waals surface area (Å²) in [6.45, 7) is 7.03. The van der Waals surface area contributed by atoms with Gasteiger partial charge in [-0.05, 0) is 31.1 Å². The van der Waals surface area contributed by atoms with Crippen LogP contribution in [-0.4, -0.2) is 47.7 Å². The summed E-state index contributed by atoms with van der Waals surface area (Å²) in [5.41, 5.74) is 0. The minimum absolute atomic E-state index is 0.325. The molecule has 1 aliphatic carbocycles. The fraction of sp³-hybridized carbons (Fsp3) is 0.933. The standard InChI is InChI=1S/C15H28N2O2/c1-11(2)12-4-3-5-13(7-6-12)17-9-8-16-10-14(17)15(18)19/h11-14,16H,3-10H2,1-2H3,(H,18,19). The van der Waals surface area contributed by atoms with E-state index in [0.717, 1.165) is 24.9 Å². The van der Waals surface area contributed by atoms with Crippen LogP contribution < -0.4 is 5.32 Å². The Bertz CT molecular complexity index is 307. The highest BCUT2D eigenvalue weighted by Gasteiger charge is 2.34. The number of hydrogen-bond acceptors (Lipinski definition) is 3. The van der Waals surface area contributed by atoms with Crippen molar-refractivity contribution >= 4 is 5.97 Å². The average Bonchev–Trinajstić information content (AvgIpc) is 2.64. The van der Waals surface area contributed by atoms with Gasteiger partial charge in [0.1, 0.15) is 6.04 Å². The van der Waals surface area contributed by atoms with Crippen LogP contribution in [0.3, 0.4) is 0 Å². The van der Waals surface area contributed by atoms with Crippen LogP contribution in [0.5, 0.6) is 0 Å². The van der Waals surface area contributed by atoms with Crippen LogP contribution in [0.2, 0.25) is 0 Å². The molecular formula is C15H28N2O2. The first-order valence-electron chi connectivity index (χ1n) is 7.79. The minimum atomic E-state index is -0.670. The lowest BCUT2D eigenvalue weighted by Gasteiger charge is -2.39.